The van der Waals surface area contributed by atoms with Crippen LogP contribution in [0, 0.1) is 0 Å². The second kappa shape index (κ2) is 6.92. The Balaban J connectivity index is 1.94. The minimum absolute atomic E-state index is 0.0340. The van der Waals surface area contributed by atoms with Gasteiger partial charge in [-0.05, 0) is 37.3 Å². The van der Waals surface area contributed by atoms with Crippen molar-refractivity contribution in [2.45, 2.75) is 19.4 Å². The third-order valence-electron chi connectivity index (χ3n) is 3.67. The fourth-order valence-electron chi connectivity index (χ4n) is 2.51. The maximum absolute atomic E-state index is 12.6. The fourth-order valence-corrected chi connectivity index (χ4v) is 2.51. The smallest absolute Gasteiger partial charge is 0.328 e. The van der Waals surface area contributed by atoms with E-state index in [9.17, 15) is 13.6 Å². The number of pyridine rings is 1. The molecule has 3 rings (SSSR count). The van der Waals surface area contributed by atoms with Gasteiger partial charge in [0.05, 0.1) is 22.9 Å². The van der Waals surface area contributed by atoms with E-state index in [0.717, 1.165) is 0 Å². The van der Waals surface area contributed by atoms with E-state index < -0.39 is 26.1 Å². The molecule has 0 saturated carbocycles. The van der Waals surface area contributed by atoms with Crippen molar-refractivity contribution in [1.29, 1.82) is 0 Å². The summed E-state index contributed by atoms with van der Waals surface area (Å²) >= 11 is 0. The molecule has 1 aliphatic heterocycles. The number of ether oxygens (including phenoxy) is 2. The van der Waals surface area contributed by atoms with Crippen molar-refractivity contribution in [3.63, 3.8) is 0 Å². The highest BCUT2D eigenvalue weighted by atomic mass is 19.3. The van der Waals surface area contributed by atoms with Crippen LogP contribution < -0.4 is 19.7 Å². The highest BCUT2D eigenvalue weighted by molar-refractivity contribution is 6.01. The number of nitrogens with zero attached hydrogens (tertiary/aromatic N) is 2. The van der Waals surface area contributed by atoms with E-state index >= 15 is 0 Å². The van der Waals surface area contributed by atoms with E-state index in [2.05, 4.69) is 10.3 Å². The second-order valence-corrected chi connectivity index (χ2v) is 5.37. The van der Waals surface area contributed by atoms with E-state index in [0.29, 0.717) is 11.3 Å². The summed E-state index contributed by atoms with van der Waals surface area (Å²) in [5.41, 5.74) is 1.06. The number of aromatic nitrogens is 1. The summed E-state index contributed by atoms with van der Waals surface area (Å²) in [6, 6.07) is 8.10. The van der Waals surface area contributed by atoms with Crippen molar-refractivity contribution in [3.8, 4) is 11.6 Å². The molecule has 0 bridgehead atoms. The normalized spacial score (nSPS) is 18.7. The maximum atomic E-state index is 12.6. The van der Waals surface area contributed by atoms with Crippen molar-refractivity contribution in [3.05, 3.63) is 42.0 Å². The molecule has 132 valence electrons. The number of nitrogens with one attached hydrogen (secondary N) is 1. The van der Waals surface area contributed by atoms with Crippen molar-refractivity contribution in [1.82, 2.24) is 10.3 Å². The number of hydrogen-bond acceptors (Lipinski definition) is 4. The van der Waals surface area contributed by atoms with Crippen molar-refractivity contribution in [2.75, 3.05) is 18.5 Å². The van der Waals surface area contributed by atoms with E-state index in [1.54, 1.807) is 13.0 Å². The van der Waals surface area contributed by atoms with Crippen molar-refractivity contribution >= 4 is 17.5 Å². The summed E-state index contributed by atoms with van der Waals surface area (Å²) in [6.07, 6.45) is -2.65. The average molecular weight is 352 g/mol. The molecule has 1 N–H and O–H groups in total. The first-order chi connectivity index (χ1) is 13.1. The van der Waals surface area contributed by atoms with Gasteiger partial charge < -0.3 is 14.8 Å². The maximum Gasteiger partial charge on any atom is 0.328 e. The summed E-state index contributed by atoms with van der Waals surface area (Å²) in [5.74, 6) is 0.317. The molecule has 0 radical (unpaired) electrons. The zero-order valence-electron chi connectivity index (χ0n) is 16.2. The number of amides is 2. The third-order valence-corrected chi connectivity index (χ3v) is 3.67. The van der Waals surface area contributed by atoms with Gasteiger partial charge in [0.2, 0.25) is 5.88 Å². The van der Waals surface area contributed by atoms with Crippen LogP contribution in [0.2, 0.25) is 0 Å². The molecule has 1 unspecified atom stereocenters. The lowest BCUT2D eigenvalue weighted by Gasteiger charge is -2.32. The molecule has 0 saturated heterocycles. The van der Waals surface area contributed by atoms with Gasteiger partial charge in [0.15, 0.2) is 12.4 Å². The van der Waals surface area contributed by atoms with E-state index in [-0.39, 0.29) is 23.5 Å². The molecule has 6 nitrogen and oxygen atoms in total. The first-order valence-electron chi connectivity index (χ1n) is 8.95. The monoisotopic (exact) mass is 352 g/mol. The van der Waals surface area contributed by atoms with Crippen molar-refractivity contribution in [2.24, 2.45) is 0 Å². The van der Waals surface area contributed by atoms with Crippen LogP contribution in [0.15, 0.2) is 36.4 Å². The third kappa shape index (κ3) is 3.47. The summed E-state index contributed by atoms with van der Waals surface area (Å²) in [4.78, 5) is 18.0. The van der Waals surface area contributed by atoms with E-state index in [1.807, 2.05) is 0 Å². The largest absolute Gasteiger partial charge is 0.497 e. The Morgan fingerprint density at radius 3 is 2.76 bits per heavy atom. The number of halogens is 2. The summed E-state index contributed by atoms with van der Waals surface area (Å²) in [7, 11) is -2.59. The van der Waals surface area contributed by atoms with Gasteiger partial charge in [-0.1, -0.05) is 0 Å². The molecule has 0 spiro atoms. The number of carbonyl (C=O) groups excluding carboxylic acids is 1. The van der Waals surface area contributed by atoms with Crippen LogP contribution in [0.3, 0.4) is 0 Å². The second-order valence-electron chi connectivity index (χ2n) is 5.37. The minimum Gasteiger partial charge on any atom is -0.497 e. The standard InChI is InChI=1S/C17H17F2N3O3/c1-10-13-7-8-15(25-9-14(18)19)21-16(13)22(17(23)20-10)11-3-5-12(24-2)6-4-11/h3-8,10,14H,9H2,1-2H3,(H,20,23)/i2D3. The van der Waals surface area contributed by atoms with Gasteiger partial charge in [-0.25, -0.2) is 18.5 Å². The molecular weight excluding hydrogens is 332 g/mol. The molecule has 1 atom stereocenters. The number of rotatable bonds is 5. The Hall–Kier alpha value is -2.90. The molecule has 1 aromatic heterocycles. The number of methoxy groups -OCH3 is 1. The molecule has 1 aromatic carbocycles. The number of hydrogen-bond donors (Lipinski definition) is 1. The van der Waals surface area contributed by atoms with Gasteiger partial charge in [0, 0.05) is 11.6 Å². The van der Waals surface area contributed by atoms with Crippen LogP contribution in [0.1, 0.15) is 22.6 Å². The highest BCUT2D eigenvalue weighted by Gasteiger charge is 2.31. The van der Waals surface area contributed by atoms with Crippen LogP contribution in [0.5, 0.6) is 11.6 Å². The number of benzene rings is 1. The topological polar surface area (TPSA) is 63.7 Å². The van der Waals surface area contributed by atoms with Gasteiger partial charge in [-0.2, -0.15) is 4.98 Å². The van der Waals surface area contributed by atoms with Crippen molar-refractivity contribution < 1.29 is 27.2 Å². The molecule has 25 heavy (non-hydrogen) atoms. The number of carbonyl (C=O) groups is 1. The van der Waals surface area contributed by atoms with Crippen LogP contribution in [-0.4, -0.2) is 31.1 Å². The average Bonchev–Trinajstić information content (AvgIpc) is 2.60. The van der Waals surface area contributed by atoms with Gasteiger partial charge in [0.25, 0.3) is 6.43 Å². The van der Waals surface area contributed by atoms with Crippen LogP contribution in [0.4, 0.5) is 25.1 Å². The van der Waals surface area contributed by atoms with Crippen LogP contribution in [-0.2, 0) is 0 Å². The zero-order chi connectivity index (χ0) is 20.5. The Bertz CT molecular complexity index is 863. The molecule has 1 aliphatic rings. The Morgan fingerprint density at radius 1 is 1.32 bits per heavy atom. The molecule has 2 heterocycles. The lowest BCUT2D eigenvalue weighted by atomic mass is 10.1. The Labute approximate surface area is 147 Å². The summed E-state index contributed by atoms with van der Waals surface area (Å²) in [6.45, 7) is 0.956. The van der Waals surface area contributed by atoms with E-state index in [4.69, 9.17) is 13.6 Å². The van der Waals surface area contributed by atoms with Gasteiger partial charge in [0.1, 0.15) is 5.75 Å². The lowest BCUT2D eigenvalue weighted by molar-refractivity contribution is 0.0796. The fraction of sp³-hybridized carbons (Fsp3) is 0.294. The molecular formula is C17H17F2N3O3. The predicted molar refractivity (Wildman–Crippen MR) is 87.8 cm³/mol. The molecule has 8 heteroatoms. The molecule has 0 fully saturated rings. The highest BCUT2D eigenvalue weighted by Crippen LogP contribution is 2.36. The van der Waals surface area contributed by atoms with Crippen LogP contribution >= 0.6 is 0 Å². The first kappa shape index (κ1) is 13.4. The Kier molecular flexibility index (Phi) is 3.71. The van der Waals surface area contributed by atoms with Gasteiger partial charge >= 0.3 is 6.03 Å². The molecule has 2 aromatic rings. The molecule has 2 amide bonds. The quantitative estimate of drug-likeness (QED) is 0.892. The number of anilines is 2. The summed E-state index contributed by atoms with van der Waals surface area (Å²) < 4.78 is 55.9. The van der Waals surface area contributed by atoms with E-state index in [1.165, 1.54) is 35.2 Å². The zero-order valence-corrected chi connectivity index (χ0v) is 13.2. The SMILES string of the molecule is [2H]C([2H])([2H])Oc1ccc(N2C(=O)NC(C)c3ccc(OCC(F)F)nc32)cc1. The van der Waals surface area contributed by atoms with Gasteiger partial charge in [-0.15, -0.1) is 0 Å². The minimum atomic E-state index is -2.65. The Morgan fingerprint density at radius 2 is 2.08 bits per heavy atom. The number of alkyl halides is 2. The lowest BCUT2D eigenvalue weighted by Crippen LogP contribution is -2.43. The first-order valence-corrected chi connectivity index (χ1v) is 7.45. The number of fused-ring (bicyclic) bond motifs is 1. The van der Waals surface area contributed by atoms with Gasteiger partial charge in [-0.3, -0.25) is 0 Å². The predicted octanol–water partition coefficient (Wildman–Crippen LogP) is 3.66. The van der Waals surface area contributed by atoms with Crippen LogP contribution in [0.25, 0.3) is 0 Å². The number of urea groups is 1. The summed E-state index contributed by atoms with van der Waals surface area (Å²) in [5, 5.41) is 2.77. The molecule has 0 aliphatic carbocycles.